The van der Waals surface area contributed by atoms with Crippen molar-refractivity contribution in [1.82, 2.24) is 5.32 Å². The lowest BCUT2D eigenvalue weighted by Gasteiger charge is -2.04. The van der Waals surface area contributed by atoms with Crippen molar-refractivity contribution in [3.8, 4) is 0 Å². The van der Waals surface area contributed by atoms with Crippen LogP contribution < -0.4 is 16.8 Å². The van der Waals surface area contributed by atoms with E-state index in [1.165, 1.54) is 0 Å². The van der Waals surface area contributed by atoms with Crippen LogP contribution in [0, 0.1) is 0 Å². The van der Waals surface area contributed by atoms with Gasteiger partial charge in [0.15, 0.2) is 5.96 Å². The van der Waals surface area contributed by atoms with Crippen LogP contribution in [0.25, 0.3) is 0 Å². The highest BCUT2D eigenvalue weighted by Gasteiger charge is 2.04. The van der Waals surface area contributed by atoms with Crippen molar-refractivity contribution in [2.75, 3.05) is 13.1 Å². The molecule has 6 heteroatoms. The van der Waals surface area contributed by atoms with Gasteiger partial charge in [-0.15, -0.1) is 0 Å². The summed E-state index contributed by atoms with van der Waals surface area (Å²) in [5.41, 5.74) is 11.0. The highest BCUT2D eigenvalue weighted by Crippen LogP contribution is 2.11. The van der Waals surface area contributed by atoms with Crippen LogP contribution in [0.1, 0.15) is 16.8 Å². The molecule has 92 valence electrons. The smallest absolute Gasteiger partial charge is 0.251 e. The number of aliphatic imine (C=N–C) groups is 1. The van der Waals surface area contributed by atoms with Crippen molar-refractivity contribution < 1.29 is 4.79 Å². The van der Waals surface area contributed by atoms with Crippen molar-refractivity contribution in [3.05, 3.63) is 34.3 Å². The predicted octanol–water partition coefficient (Wildman–Crippen LogP) is 0.842. The molecular formula is C11H15BrN4O. The molecule has 0 spiro atoms. The van der Waals surface area contributed by atoms with E-state index in [1.54, 1.807) is 12.1 Å². The van der Waals surface area contributed by atoms with Crippen molar-refractivity contribution in [3.63, 3.8) is 0 Å². The van der Waals surface area contributed by atoms with Gasteiger partial charge in [-0.05, 0) is 24.6 Å². The van der Waals surface area contributed by atoms with Crippen LogP contribution in [-0.2, 0) is 0 Å². The summed E-state index contributed by atoms with van der Waals surface area (Å²) in [4.78, 5) is 15.5. The van der Waals surface area contributed by atoms with Gasteiger partial charge in [0.25, 0.3) is 5.91 Å². The highest BCUT2D eigenvalue weighted by molar-refractivity contribution is 9.10. The molecule has 0 aliphatic carbocycles. The number of hydrogen-bond acceptors (Lipinski definition) is 2. The molecule has 0 saturated carbocycles. The standard InChI is InChI=1S/C11H15BrN4O/c12-9-4-1-3-8(7-9)10(17)15-5-2-6-16-11(13)14/h1,3-4,7H,2,5-6H2,(H,15,17)(H4,13,14,16). The molecule has 5 nitrogen and oxygen atoms in total. The van der Waals surface area contributed by atoms with Gasteiger partial charge in [0.2, 0.25) is 0 Å². The first kappa shape index (κ1) is 13.5. The van der Waals surface area contributed by atoms with Crippen molar-refractivity contribution in [2.45, 2.75) is 6.42 Å². The summed E-state index contributed by atoms with van der Waals surface area (Å²) in [6.07, 6.45) is 0.706. The number of rotatable bonds is 5. The number of amides is 1. The first-order chi connectivity index (χ1) is 8.09. The lowest BCUT2D eigenvalue weighted by atomic mass is 10.2. The zero-order chi connectivity index (χ0) is 12.7. The van der Waals surface area contributed by atoms with E-state index in [1.807, 2.05) is 12.1 Å². The summed E-state index contributed by atoms with van der Waals surface area (Å²) in [6.45, 7) is 1.06. The molecule has 5 N–H and O–H groups in total. The van der Waals surface area contributed by atoms with E-state index in [9.17, 15) is 4.79 Å². The van der Waals surface area contributed by atoms with E-state index in [-0.39, 0.29) is 11.9 Å². The monoisotopic (exact) mass is 298 g/mol. The summed E-state index contributed by atoms with van der Waals surface area (Å²) in [5, 5.41) is 2.79. The second-order valence-electron chi connectivity index (χ2n) is 3.43. The van der Waals surface area contributed by atoms with Crippen LogP contribution in [0.4, 0.5) is 0 Å². The molecule has 0 heterocycles. The number of halogens is 1. The maximum absolute atomic E-state index is 11.7. The van der Waals surface area contributed by atoms with Gasteiger partial charge in [0.1, 0.15) is 0 Å². The fourth-order valence-corrected chi connectivity index (χ4v) is 1.62. The quantitative estimate of drug-likeness (QED) is 0.427. The molecule has 1 amide bonds. The fraction of sp³-hybridized carbons (Fsp3) is 0.273. The topological polar surface area (TPSA) is 93.5 Å². The molecule has 0 fully saturated rings. The highest BCUT2D eigenvalue weighted by atomic mass is 79.9. The molecule has 0 radical (unpaired) electrons. The van der Waals surface area contributed by atoms with Gasteiger partial charge < -0.3 is 16.8 Å². The van der Waals surface area contributed by atoms with Crippen molar-refractivity contribution in [1.29, 1.82) is 0 Å². The number of carbonyl (C=O) groups excluding carboxylic acids is 1. The molecule has 0 unspecified atom stereocenters. The molecule has 0 aliphatic rings. The van der Waals surface area contributed by atoms with Crippen LogP contribution in [0.15, 0.2) is 33.7 Å². The second kappa shape index (κ2) is 6.90. The van der Waals surface area contributed by atoms with E-state index in [4.69, 9.17) is 11.5 Å². The minimum atomic E-state index is -0.101. The maximum atomic E-state index is 11.7. The lowest BCUT2D eigenvalue weighted by molar-refractivity contribution is 0.0953. The number of nitrogens with two attached hydrogens (primary N) is 2. The number of nitrogens with zero attached hydrogens (tertiary/aromatic N) is 1. The third kappa shape index (κ3) is 5.35. The number of nitrogens with one attached hydrogen (secondary N) is 1. The Morgan fingerprint density at radius 3 is 2.82 bits per heavy atom. The van der Waals surface area contributed by atoms with Crippen LogP contribution in [0.3, 0.4) is 0 Å². The van der Waals surface area contributed by atoms with E-state index in [2.05, 4.69) is 26.2 Å². The van der Waals surface area contributed by atoms with E-state index >= 15 is 0 Å². The Morgan fingerprint density at radius 2 is 2.18 bits per heavy atom. The third-order valence-corrected chi connectivity index (χ3v) is 2.49. The first-order valence-electron chi connectivity index (χ1n) is 5.19. The van der Waals surface area contributed by atoms with Crippen LogP contribution in [0.5, 0.6) is 0 Å². The van der Waals surface area contributed by atoms with Crippen LogP contribution in [0.2, 0.25) is 0 Å². The Labute approximate surface area is 108 Å². The number of benzene rings is 1. The van der Waals surface area contributed by atoms with Gasteiger partial charge in [-0.1, -0.05) is 22.0 Å². The second-order valence-corrected chi connectivity index (χ2v) is 4.34. The van der Waals surface area contributed by atoms with Gasteiger partial charge in [-0.3, -0.25) is 9.79 Å². The molecule has 17 heavy (non-hydrogen) atoms. The van der Waals surface area contributed by atoms with E-state index < -0.39 is 0 Å². The Kier molecular flexibility index (Phi) is 5.48. The first-order valence-corrected chi connectivity index (χ1v) is 5.98. The van der Waals surface area contributed by atoms with Gasteiger partial charge in [-0.25, -0.2) is 0 Å². The average molecular weight is 299 g/mol. The summed E-state index contributed by atoms with van der Waals surface area (Å²) < 4.78 is 0.880. The average Bonchev–Trinajstić information content (AvgIpc) is 2.28. The van der Waals surface area contributed by atoms with E-state index in [0.717, 1.165) is 4.47 Å². The number of carbonyl (C=O) groups is 1. The molecule has 0 aliphatic heterocycles. The Bertz CT molecular complexity index is 416. The number of guanidine groups is 1. The third-order valence-electron chi connectivity index (χ3n) is 2.00. The van der Waals surface area contributed by atoms with Crippen molar-refractivity contribution in [2.24, 2.45) is 16.5 Å². The minimum Gasteiger partial charge on any atom is -0.370 e. The summed E-state index contributed by atoms with van der Waals surface area (Å²) in [6, 6.07) is 7.22. The van der Waals surface area contributed by atoms with Gasteiger partial charge in [0.05, 0.1) is 0 Å². The normalized spacial score (nSPS) is 9.71. The Morgan fingerprint density at radius 1 is 1.41 bits per heavy atom. The van der Waals surface area contributed by atoms with Gasteiger partial charge >= 0.3 is 0 Å². The predicted molar refractivity (Wildman–Crippen MR) is 71.8 cm³/mol. The SMILES string of the molecule is NC(N)=NCCCNC(=O)c1cccc(Br)c1. The lowest BCUT2D eigenvalue weighted by Crippen LogP contribution is -2.26. The Hall–Kier alpha value is -1.56. The fourth-order valence-electron chi connectivity index (χ4n) is 1.22. The van der Waals surface area contributed by atoms with Crippen molar-refractivity contribution >= 4 is 27.8 Å². The zero-order valence-electron chi connectivity index (χ0n) is 9.32. The summed E-state index contributed by atoms with van der Waals surface area (Å²) in [7, 11) is 0. The van der Waals surface area contributed by atoms with Gasteiger partial charge in [-0.2, -0.15) is 0 Å². The molecule has 0 aromatic heterocycles. The molecule has 1 rings (SSSR count). The summed E-state index contributed by atoms with van der Waals surface area (Å²) >= 11 is 3.31. The largest absolute Gasteiger partial charge is 0.370 e. The zero-order valence-corrected chi connectivity index (χ0v) is 10.9. The van der Waals surface area contributed by atoms with E-state index in [0.29, 0.717) is 25.1 Å². The summed E-state index contributed by atoms with van der Waals surface area (Å²) in [5.74, 6) is -0.0284. The molecule has 1 aromatic carbocycles. The molecule has 0 bridgehead atoms. The Balaban J connectivity index is 2.33. The van der Waals surface area contributed by atoms with Crippen LogP contribution >= 0.6 is 15.9 Å². The minimum absolute atomic E-state index is 0.0725. The maximum Gasteiger partial charge on any atom is 0.251 e. The molecule has 0 saturated heterocycles. The molecule has 1 aromatic rings. The number of hydrogen-bond donors (Lipinski definition) is 3. The van der Waals surface area contributed by atoms with Gasteiger partial charge in [0, 0.05) is 23.1 Å². The molecule has 0 atom stereocenters. The molecular weight excluding hydrogens is 284 g/mol. The van der Waals surface area contributed by atoms with Crippen LogP contribution in [-0.4, -0.2) is 25.0 Å².